The van der Waals surface area contributed by atoms with E-state index in [1.54, 1.807) is 13.0 Å². The van der Waals surface area contributed by atoms with Crippen LogP contribution in [0.15, 0.2) is 22.5 Å². The first-order chi connectivity index (χ1) is 4.93. The summed E-state index contributed by atoms with van der Waals surface area (Å²) in [5.41, 5.74) is 12.3. The maximum absolute atomic E-state index is 5.78. The van der Waals surface area contributed by atoms with Gasteiger partial charge in [0.25, 0.3) is 0 Å². The predicted octanol–water partition coefficient (Wildman–Crippen LogP) is 0.577. The average molecular weight is 174 g/mol. The lowest BCUT2D eigenvalue weighted by Crippen LogP contribution is -2.55. The summed E-state index contributed by atoms with van der Waals surface area (Å²) in [4.78, 5) is 0. The summed E-state index contributed by atoms with van der Waals surface area (Å²) in [6, 6.07) is 0. The van der Waals surface area contributed by atoms with Crippen molar-refractivity contribution >= 4 is 11.6 Å². The molecule has 1 aliphatic rings. The fourth-order valence-electron chi connectivity index (χ4n) is 1.03. The molecule has 1 unspecified atom stereocenters. The van der Waals surface area contributed by atoms with Gasteiger partial charge in [-0.1, -0.05) is 11.6 Å². The minimum absolute atomic E-state index is 0.529. The molecule has 0 fully saturated rings. The van der Waals surface area contributed by atoms with E-state index in [9.17, 15) is 0 Å². The Labute approximate surface area is 71.1 Å². The maximum Gasteiger partial charge on any atom is 0.125 e. The number of halogens is 1. The highest BCUT2D eigenvalue weighted by atomic mass is 35.5. The molecule has 4 heteroatoms. The van der Waals surface area contributed by atoms with E-state index in [1.807, 2.05) is 6.92 Å². The third-order valence-electron chi connectivity index (χ3n) is 1.71. The highest BCUT2D eigenvalue weighted by Crippen LogP contribution is 2.20. The summed E-state index contributed by atoms with van der Waals surface area (Å²) in [7, 11) is 0. The zero-order chi connectivity index (χ0) is 8.65. The van der Waals surface area contributed by atoms with Crippen molar-refractivity contribution in [1.82, 2.24) is 5.32 Å². The number of nitrogens with one attached hydrogen (secondary N) is 1. The molecule has 0 aromatic rings. The molecule has 0 spiro atoms. The van der Waals surface area contributed by atoms with E-state index in [-0.39, 0.29) is 0 Å². The zero-order valence-corrected chi connectivity index (χ0v) is 7.37. The molecule has 0 aromatic carbocycles. The number of nitrogens with two attached hydrogens (primary N) is 2. The minimum atomic E-state index is -0.712. The lowest BCUT2D eigenvalue weighted by molar-refractivity contribution is 0.470. The normalized spacial score (nSPS) is 31.5. The van der Waals surface area contributed by atoms with Gasteiger partial charge >= 0.3 is 0 Å². The van der Waals surface area contributed by atoms with Crippen molar-refractivity contribution in [3.63, 3.8) is 0 Å². The summed E-state index contributed by atoms with van der Waals surface area (Å²) >= 11 is 5.74. The van der Waals surface area contributed by atoms with Crippen molar-refractivity contribution in [2.45, 2.75) is 19.5 Å². The van der Waals surface area contributed by atoms with Crippen molar-refractivity contribution in [3.8, 4) is 0 Å². The summed E-state index contributed by atoms with van der Waals surface area (Å²) in [6.07, 6.45) is 1.76. The van der Waals surface area contributed by atoms with Crippen LogP contribution in [0.25, 0.3) is 0 Å². The number of rotatable bonds is 0. The maximum atomic E-state index is 5.78. The van der Waals surface area contributed by atoms with Crippen LogP contribution in [0.5, 0.6) is 0 Å². The molecule has 0 saturated heterocycles. The number of dihydropyridines is 1. The van der Waals surface area contributed by atoms with Gasteiger partial charge in [0.15, 0.2) is 0 Å². The van der Waals surface area contributed by atoms with Crippen molar-refractivity contribution in [1.29, 1.82) is 0 Å². The molecule has 1 rings (SSSR count). The third kappa shape index (κ3) is 1.49. The first-order valence-corrected chi connectivity index (χ1v) is 3.72. The summed E-state index contributed by atoms with van der Waals surface area (Å²) in [5, 5.41) is 3.39. The van der Waals surface area contributed by atoms with Crippen LogP contribution in [-0.2, 0) is 0 Å². The number of allylic oxidation sites excluding steroid dienone is 2. The fraction of sp³-hybridized carbons (Fsp3) is 0.429. The zero-order valence-electron chi connectivity index (χ0n) is 6.61. The third-order valence-corrected chi connectivity index (χ3v) is 1.91. The second-order valence-electron chi connectivity index (χ2n) is 2.92. The quantitative estimate of drug-likeness (QED) is 0.470. The van der Waals surface area contributed by atoms with Gasteiger partial charge in [-0.15, -0.1) is 0 Å². The van der Waals surface area contributed by atoms with Crippen molar-refractivity contribution < 1.29 is 0 Å². The highest BCUT2D eigenvalue weighted by molar-refractivity contribution is 6.29. The summed E-state index contributed by atoms with van der Waals surface area (Å²) in [5.74, 6) is 0. The van der Waals surface area contributed by atoms with Gasteiger partial charge in [0.1, 0.15) is 10.8 Å². The van der Waals surface area contributed by atoms with E-state index in [0.717, 1.165) is 5.57 Å². The van der Waals surface area contributed by atoms with Crippen LogP contribution in [0, 0.1) is 0 Å². The Balaban J connectivity index is 3.07. The number of hydrogen-bond acceptors (Lipinski definition) is 3. The van der Waals surface area contributed by atoms with Gasteiger partial charge in [0.05, 0.1) is 5.70 Å². The standard InChI is InChI=1S/C7H12ClN3/c1-4-3-5(8)11-7(2,10)6(4)9/h3,11H,9-10H2,1-2H3. The van der Waals surface area contributed by atoms with Crippen LogP contribution >= 0.6 is 11.6 Å². The predicted molar refractivity (Wildman–Crippen MR) is 46.6 cm³/mol. The van der Waals surface area contributed by atoms with Crippen LogP contribution in [0.1, 0.15) is 13.8 Å². The fourth-order valence-corrected chi connectivity index (χ4v) is 1.39. The van der Waals surface area contributed by atoms with Crippen LogP contribution in [0.2, 0.25) is 0 Å². The van der Waals surface area contributed by atoms with Gasteiger partial charge in [-0.2, -0.15) is 0 Å². The van der Waals surface area contributed by atoms with Crippen molar-refractivity contribution in [3.05, 3.63) is 22.5 Å². The van der Waals surface area contributed by atoms with Crippen molar-refractivity contribution in [2.75, 3.05) is 0 Å². The van der Waals surface area contributed by atoms with Gasteiger partial charge in [-0.3, -0.25) is 0 Å². The lowest BCUT2D eigenvalue weighted by atomic mass is 10.0. The Morgan fingerprint density at radius 2 is 2.18 bits per heavy atom. The van der Waals surface area contributed by atoms with Gasteiger partial charge in [0, 0.05) is 0 Å². The molecule has 62 valence electrons. The Bertz CT molecular complexity index is 240. The SMILES string of the molecule is CC1=C(N)C(C)(N)NC(Cl)=C1. The van der Waals surface area contributed by atoms with Gasteiger partial charge in [0.2, 0.25) is 0 Å². The van der Waals surface area contributed by atoms with Crippen LogP contribution in [-0.4, -0.2) is 5.66 Å². The second kappa shape index (κ2) is 2.43. The Morgan fingerprint density at radius 3 is 2.64 bits per heavy atom. The first-order valence-electron chi connectivity index (χ1n) is 3.34. The van der Waals surface area contributed by atoms with E-state index in [2.05, 4.69) is 5.32 Å². The van der Waals surface area contributed by atoms with Crippen molar-refractivity contribution in [2.24, 2.45) is 11.5 Å². The van der Waals surface area contributed by atoms with Crippen LogP contribution in [0.3, 0.4) is 0 Å². The second-order valence-corrected chi connectivity index (χ2v) is 3.32. The molecule has 0 amide bonds. The van der Waals surface area contributed by atoms with Crippen LogP contribution in [0.4, 0.5) is 0 Å². The summed E-state index contributed by atoms with van der Waals surface area (Å²) < 4.78 is 0. The number of hydrogen-bond donors (Lipinski definition) is 3. The molecule has 3 nitrogen and oxygen atoms in total. The molecular formula is C7H12ClN3. The van der Waals surface area contributed by atoms with E-state index in [1.165, 1.54) is 0 Å². The lowest BCUT2D eigenvalue weighted by Gasteiger charge is -2.31. The van der Waals surface area contributed by atoms with Gasteiger partial charge < -0.3 is 16.8 Å². The van der Waals surface area contributed by atoms with E-state index in [4.69, 9.17) is 23.1 Å². The molecular weight excluding hydrogens is 162 g/mol. The molecule has 0 bridgehead atoms. The smallest absolute Gasteiger partial charge is 0.125 e. The monoisotopic (exact) mass is 173 g/mol. The first kappa shape index (κ1) is 8.43. The minimum Gasteiger partial charge on any atom is -0.399 e. The Hall–Kier alpha value is -0.670. The van der Waals surface area contributed by atoms with E-state index >= 15 is 0 Å². The molecule has 0 radical (unpaired) electrons. The molecule has 1 heterocycles. The largest absolute Gasteiger partial charge is 0.399 e. The highest BCUT2D eigenvalue weighted by Gasteiger charge is 2.26. The Morgan fingerprint density at radius 1 is 1.64 bits per heavy atom. The summed E-state index contributed by atoms with van der Waals surface area (Å²) in [6.45, 7) is 3.66. The molecule has 0 saturated carbocycles. The van der Waals surface area contributed by atoms with E-state index in [0.29, 0.717) is 10.9 Å². The molecule has 1 aliphatic heterocycles. The molecule has 1 atom stereocenters. The van der Waals surface area contributed by atoms with Gasteiger partial charge in [-0.25, -0.2) is 0 Å². The average Bonchev–Trinajstić information content (AvgIpc) is 1.81. The Kier molecular flexibility index (Phi) is 1.86. The van der Waals surface area contributed by atoms with Gasteiger partial charge in [-0.05, 0) is 25.5 Å². The molecule has 0 aromatic heterocycles. The molecule has 5 N–H and O–H groups in total. The molecule has 11 heavy (non-hydrogen) atoms. The van der Waals surface area contributed by atoms with Crippen LogP contribution < -0.4 is 16.8 Å². The molecule has 0 aliphatic carbocycles. The topological polar surface area (TPSA) is 64.1 Å². The van der Waals surface area contributed by atoms with E-state index < -0.39 is 5.66 Å².